The summed E-state index contributed by atoms with van der Waals surface area (Å²) in [5.74, 6) is -0.880. The predicted octanol–water partition coefficient (Wildman–Crippen LogP) is 0.994. The maximum Gasteiger partial charge on any atom is 0.354 e. The summed E-state index contributed by atoms with van der Waals surface area (Å²) in [6.07, 6.45) is 5.08. The molecule has 0 spiro atoms. The van der Waals surface area contributed by atoms with Crippen molar-refractivity contribution in [3.8, 4) is 11.3 Å². The zero-order chi connectivity index (χ0) is 14.4. The second-order valence-corrected chi connectivity index (χ2v) is 5.67. The second-order valence-electron chi connectivity index (χ2n) is 5.67. The Morgan fingerprint density at radius 3 is 2.90 bits per heavy atom. The van der Waals surface area contributed by atoms with E-state index in [1.807, 2.05) is 0 Å². The van der Waals surface area contributed by atoms with Crippen LogP contribution in [0.1, 0.15) is 40.6 Å². The summed E-state index contributed by atoms with van der Waals surface area (Å²) >= 11 is 0. The zero-order valence-electron chi connectivity index (χ0n) is 11.6. The number of carboxylic acids is 1. The van der Waals surface area contributed by atoms with Gasteiger partial charge in [0.25, 0.3) is 0 Å². The van der Waals surface area contributed by atoms with E-state index in [0.717, 1.165) is 54.9 Å². The summed E-state index contributed by atoms with van der Waals surface area (Å²) in [5, 5.41) is 24.6. The van der Waals surface area contributed by atoms with Gasteiger partial charge in [-0.05, 0) is 38.8 Å². The normalized spacial score (nSPS) is 18.3. The van der Waals surface area contributed by atoms with E-state index < -0.39 is 5.97 Å². The van der Waals surface area contributed by atoms with Gasteiger partial charge in [-0.25, -0.2) is 4.79 Å². The highest BCUT2D eigenvalue weighted by Gasteiger charge is 2.31. The molecule has 110 valence electrons. The molecule has 0 bridgehead atoms. The van der Waals surface area contributed by atoms with Crippen molar-refractivity contribution in [1.29, 1.82) is 0 Å². The molecule has 3 heterocycles. The van der Waals surface area contributed by atoms with Gasteiger partial charge in [0.05, 0.1) is 17.9 Å². The van der Waals surface area contributed by atoms with Crippen LogP contribution in [0, 0.1) is 0 Å². The molecule has 1 aliphatic heterocycles. The lowest BCUT2D eigenvalue weighted by molar-refractivity contribution is 0.0677. The Bertz CT molecular complexity index is 696. The van der Waals surface area contributed by atoms with Crippen LogP contribution in [-0.2, 0) is 12.8 Å². The number of carboxylic acid groups (broad SMARTS) is 1. The van der Waals surface area contributed by atoms with Gasteiger partial charge in [-0.3, -0.25) is 9.78 Å². The number of hydrogen-bond donors (Lipinski definition) is 3. The van der Waals surface area contributed by atoms with Crippen molar-refractivity contribution in [3.63, 3.8) is 0 Å². The number of carbonyl (C=O) groups is 1. The second kappa shape index (κ2) is 4.70. The standard InChI is InChI=1S/C14H17N5O2/c20-14(21)13-9-1-2-11-10(7-16-17-11)12(9)18-19(13)8-3-5-15-6-4-8/h7-8,15H,1-6H2,(H,16,17)(H,20,21). The summed E-state index contributed by atoms with van der Waals surface area (Å²) < 4.78 is 1.75. The molecule has 0 amide bonds. The molecule has 0 saturated carbocycles. The summed E-state index contributed by atoms with van der Waals surface area (Å²) in [6, 6.07) is 0.165. The lowest BCUT2D eigenvalue weighted by Gasteiger charge is -2.24. The smallest absolute Gasteiger partial charge is 0.354 e. The molecule has 0 atom stereocenters. The van der Waals surface area contributed by atoms with Gasteiger partial charge in [0, 0.05) is 16.8 Å². The van der Waals surface area contributed by atoms with Gasteiger partial charge >= 0.3 is 5.97 Å². The Morgan fingerprint density at radius 2 is 2.14 bits per heavy atom. The van der Waals surface area contributed by atoms with E-state index in [9.17, 15) is 9.90 Å². The SMILES string of the molecule is O=C(O)c1c2c(nn1C1CCNCC1)-c1cn[nH]c1CC2. The highest BCUT2D eigenvalue weighted by Crippen LogP contribution is 2.35. The van der Waals surface area contributed by atoms with Crippen LogP contribution in [0.3, 0.4) is 0 Å². The maximum absolute atomic E-state index is 11.7. The monoisotopic (exact) mass is 287 g/mol. The van der Waals surface area contributed by atoms with E-state index in [0.29, 0.717) is 12.1 Å². The van der Waals surface area contributed by atoms with Crippen molar-refractivity contribution in [1.82, 2.24) is 25.3 Å². The first-order valence-corrected chi connectivity index (χ1v) is 7.33. The van der Waals surface area contributed by atoms with Crippen molar-refractivity contribution < 1.29 is 9.90 Å². The quantitative estimate of drug-likeness (QED) is 0.765. The highest BCUT2D eigenvalue weighted by molar-refractivity contribution is 5.90. The summed E-state index contributed by atoms with van der Waals surface area (Å²) in [4.78, 5) is 11.7. The molecule has 1 saturated heterocycles. The Kier molecular flexibility index (Phi) is 2.81. The van der Waals surface area contributed by atoms with E-state index >= 15 is 0 Å². The van der Waals surface area contributed by atoms with Crippen molar-refractivity contribution in [3.05, 3.63) is 23.1 Å². The Balaban J connectivity index is 1.87. The van der Waals surface area contributed by atoms with Gasteiger partial charge in [-0.15, -0.1) is 0 Å². The fourth-order valence-electron chi connectivity index (χ4n) is 3.42. The molecule has 2 aromatic heterocycles. The van der Waals surface area contributed by atoms with Gasteiger partial charge < -0.3 is 10.4 Å². The van der Waals surface area contributed by atoms with Gasteiger partial charge in [0.2, 0.25) is 0 Å². The third-order valence-electron chi connectivity index (χ3n) is 4.46. The number of aromatic amines is 1. The van der Waals surface area contributed by atoms with E-state index in [2.05, 4.69) is 20.6 Å². The molecule has 7 nitrogen and oxygen atoms in total. The zero-order valence-corrected chi connectivity index (χ0v) is 11.6. The summed E-state index contributed by atoms with van der Waals surface area (Å²) in [7, 11) is 0. The Labute approximate surface area is 121 Å². The number of aromatic nitrogens is 4. The van der Waals surface area contributed by atoms with Crippen molar-refractivity contribution in [2.24, 2.45) is 0 Å². The molecular weight excluding hydrogens is 270 g/mol. The predicted molar refractivity (Wildman–Crippen MR) is 75.3 cm³/mol. The lowest BCUT2D eigenvalue weighted by Crippen LogP contribution is -2.31. The minimum atomic E-state index is -0.880. The number of rotatable bonds is 2. The number of nitrogens with zero attached hydrogens (tertiary/aromatic N) is 3. The molecule has 1 aliphatic carbocycles. The fourth-order valence-corrected chi connectivity index (χ4v) is 3.42. The molecule has 21 heavy (non-hydrogen) atoms. The van der Waals surface area contributed by atoms with Crippen LogP contribution in [-0.4, -0.2) is 44.1 Å². The largest absolute Gasteiger partial charge is 0.477 e. The number of hydrogen-bond acceptors (Lipinski definition) is 4. The average molecular weight is 287 g/mol. The number of piperidine rings is 1. The maximum atomic E-state index is 11.7. The van der Waals surface area contributed by atoms with E-state index in [4.69, 9.17) is 0 Å². The van der Waals surface area contributed by atoms with Crippen molar-refractivity contribution in [2.45, 2.75) is 31.7 Å². The van der Waals surface area contributed by atoms with Crippen LogP contribution >= 0.6 is 0 Å². The van der Waals surface area contributed by atoms with E-state index in [-0.39, 0.29) is 6.04 Å². The Hall–Kier alpha value is -2.15. The molecule has 0 unspecified atom stereocenters. The van der Waals surface area contributed by atoms with Gasteiger partial charge in [0.1, 0.15) is 5.69 Å². The number of aryl methyl sites for hydroxylation is 1. The molecular formula is C14H17N5O2. The van der Waals surface area contributed by atoms with E-state index in [1.54, 1.807) is 10.9 Å². The molecule has 3 N–H and O–H groups in total. The number of nitrogens with one attached hydrogen (secondary N) is 2. The number of fused-ring (bicyclic) bond motifs is 3. The van der Waals surface area contributed by atoms with Crippen molar-refractivity contribution >= 4 is 5.97 Å². The van der Waals surface area contributed by atoms with Crippen LogP contribution in [0.4, 0.5) is 0 Å². The lowest BCUT2D eigenvalue weighted by atomic mass is 9.94. The first kappa shape index (κ1) is 12.6. The minimum Gasteiger partial charge on any atom is -0.477 e. The number of aromatic carboxylic acids is 1. The topological polar surface area (TPSA) is 95.8 Å². The molecule has 0 aromatic carbocycles. The van der Waals surface area contributed by atoms with Crippen LogP contribution in [0.25, 0.3) is 11.3 Å². The molecule has 4 rings (SSSR count). The first-order valence-electron chi connectivity index (χ1n) is 7.33. The fraction of sp³-hybridized carbons (Fsp3) is 0.500. The van der Waals surface area contributed by atoms with Crippen molar-refractivity contribution in [2.75, 3.05) is 13.1 Å². The average Bonchev–Trinajstić information content (AvgIpc) is 3.11. The van der Waals surface area contributed by atoms with Crippen LogP contribution < -0.4 is 5.32 Å². The van der Waals surface area contributed by atoms with Gasteiger partial charge in [0.15, 0.2) is 0 Å². The molecule has 2 aliphatic rings. The Morgan fingerprint density at radius 1 is 1.33 bits per heavy atom. The minimum absolute atomic E-state index is 0.165. The van der Waals surface area contributed by atoms with Crippen LogP contribution in [0.5, 0.6) is 0 Å². The highest BCUT2D eigenvalue weighted by atomic mass is 16.4. The molecule has 0 radical (unpaired) electrons. The molecule has 1 fully saturated rings. The molecule has 2 aromatic rings. The summed E-state index contributed by atoms with van der Waals surface area (Å²) in [5.41, 5.74) is 4.01. The molecule has 7 heteroatoms. The van der Waals surface area contributed by atoms with E-state index in [1.165, 1.54) is 0 Å². The number of H-pyrrole nitrogens is 1. The van der Waals surface area contributed by atoms with Gasteiger partial charge in [-0.2, -0.15) is 10.2 Å². The summed E-state index contributed by atoms with van der Waals surface area (Å²) in [6.45, 7) is 1.82. The van der Waals surface area contributed by atoms with Gasteiger partial charge in [-0.1, -0.05) is 0 Å². The third-order valence-corrected chi connectivity index (χ3v) is 4.46. The first-order chi connectivity index (χ1) is 10.3. The third kappa shape index (κ3) is 1.88. The van der Waals surface area contributed by atoms with Crippen LogP contribution in [0.2, 0.25) is 0 Å². The van der Waals surface area contributed by atoms with Crippen LogP contribution in [0.15, 0.2) is 6.20 Å².